The van der Waals surface area contributed by atoms with Crippen LogP contribution in [0.2, 0.25) is 0 Å². The zero-order valence-corrected chi connectivity index (χ0v) is 25.5. The molecule has 1 fully saturated rings. The van der Waals surface area contributed by atoms with Crippen molar-refractivity contribution in [3.63, 3.8) is 0 Å². The Hall–Kier alpha value is -4.52. The van der Waals surface area contributed by atoms with Crippen molar-refractivity contribution in [3.8, 4) is 0 Å². The number of nitrogens with one attached hydrogen (secondary N) is 2. The molecule has 1 aliphatic rings. The summed E-state index contributed by atoms with van der Waals surface area (Å²) in [7, 11) is 0. The second-order valence-corrected chi connectivity index (χ2v) is 12.6. The van der Waals surface area contributed by atoms with Crippen molar-refractivity contribution >= 4 is 46.2 Å². The van der Waals surface area contributed by atoms with E-state index in [9.17, 15) is 23.2 Å². The number of aryl methyl sites for hydroxylation is 1. The van der Waals surface area contributed by atoms with Crippen molar-refractivity contribution in [2.45, 2.75) is 58.1 Å². The molecule has 2 N–H and O–H groups in total. The lowest BCUT2D eigenvalue weighted by molar-refractivity contribution is -0.0773. The smallest absolute Gasteiger partial charge is 0.410 e. The number of likely N-dealkylation sites (tertiary alicyclic amines) is 1. The third-order valence-corrected chi connectivity index (χ3v) is 7.73. The number of nitrogens with zero attached hydrogens (tertiary/aromatic N) is 4. The van der Waals surface area contributed by atoms with E-state index in [1.54, 1.807) is 46.0 Å². The van der Waals surface area contributed by atoms with Gasteiger partial charge in [-0.25, -0.2) is 18.6 Å². The number of aromatic nitrogens is 3. The van der Waals surface area contributed by atoms with Crippen LogP contribution in [0.1, 0.15) is 64.2 Å². The average Bonchev–Trinajstić information content (AvgIpc) is 3.31. The van der Waals surface area contributed by atoms with Crippen molar-refractivity contribution in [1.29, 1.82) is 0 Å². The number of halogens is 2. The lowest BCUT2D eigenvalue weighted by Crippen LogP contribution is -2.57. The van der Waals surface area contributed by atoms with Gasteiger partial charge >= 0.3 is 6.09 Å². The summed E-state index contributed by atoms with van der Waals surface area (Å²) in [6.07, 6.45) is 0.608. The van der Waals surface area contributed by atoms with Crippen LogP contribution in [0.4, 0.5) is 19.3 Å². The molecule has 3 heterocycles. The molecule has 230 valence electrons. The first-order valence-electron chi connectivity index (χ1n) is 14.0. The highest BCUT2D eigenvalue weighted by Gasteiger charge is 2.43. The molecule has 44 heavy (non-hydrogen) atoms. The maximum Gasteiger partial charge on any atom is 0.410 e. The van der Waals surface area contributed by atoms with Crippen LogP contribution < -0.4 is 10.6 Å². The van der Waals surface area contributed by atoms with Crippen LogP contribution in [-0.4, -0.2) is 67.8 Å². The summed E-state index contributed by atoms with van der Waals surface area (Å²) in [5.74, 6) is -4.12. The second kappa shape index (κ2) is 12.2. The number of carbonyl (C=O) groups excluding carboxylic acids is 3. The minimum absolute atomic E-state index is 0.106. The minimum atomic E-state index is -3.18. The van der Waals surface area contributed by atoms with Gasteiger partial charge in [0.15, 0.2) is 0 Å². The topological polar surface area (TPSA) is 126 Å². The number of hydrogen-bond acceptors (Lipinski definition) is 8. The number of fused-ring (bicyclic) bond motifs is 1. The fraction of sp³-hybridized carbons (Fsp3) is 0.355. The predicted octanol–water partition coefficient (Wildman–Crippen LogP) is 5.61. The van der Waals surface area contributed by atoms with Gasteiger partial charge in [0.05, 0.1) is 40.6 Å². The number of benzene rings is 2. The largest absolute Gasteiger partial charge is 0.444 e. The van der Waals surface area contributed by atoms with Crippen molar-refractivity contribution in [2.24, 2.45) is 0 Å². The molecule has 0 aliphatic carbocycles. The number of anilines is 1. The van der Waals surface area contributed by atoms with Crippen LogP contribution in [-0.2, 0) is 11.2 Å². The Balaban J connectivity index is 1.22. The maximum absolute atomic E-state index is 14.4. The first-order chi connectivity index (χ1) is 20.8. The van der Waals surface area contributed by atoms with Crippen LogP contribution in [0.15, 0.2) is 54.7 Å². The SMILES string of the molecule is Cc1nsc(Cc2cnc3ccccc3n2)c1C(=O)Nc1ccc(C(=O)NC2CN(C(=O)OC(C)(C)C)CC(F)(F)C2)cc1. The first-order valence-corrected chi connectivity index (χ1v) is 14.8. The molecule has 0 bridgehead atoms. The van der Waals surface area contributed by atoms with Crippen LogP contribution in [0.5, 0.6) is 0 Å². The van der Waals surface area contributed by atoms with Crippen molar-refractivity contribution in [1.82, 2.24) is 24.6 Å². The van der Waals surface area contributed by atoms with Gasteiger partial charge in [-0.15, -0.1) is 0 Å². The summed E-state index contributed by atoms with van der Waals surface area (Å²) in [5.41, 5.74) is 3.09. The fourth-order valence-electron chi connectivity index (χ4n) is 4.90. The van der Waals surface area contributed by atoms with E-state index in [-0.39, 0.29) is 18.0 Å². The molecule has 1 unspecified atom stereocenters. The number of rotatable bonds is 6. The molecule has 2 aromatic carbocycles. The molecule has 13 heteroatoms. The standard InChI is InChI=1S/C31H32F2N6O4S/c1-18-26(25(44-38-18)13-21-15-34-23-7-5-6-8-24(23)35-21)28(41)36-20-11-9-19(10-12-20)27(40)37-22-14-31(32,33)17-39(16-22)29(42)43-30(2,3)4/h5-12,15,22H,13-14,16-17H2,1-4H3,(H,36,41)(H,37,40). The maximum atomic E-state index is 14.4. The van der Waals surface area contributed by atoms with Gasteiger partial charge in [-0.1, -0.05) is 12.1 Å². The van der Waals surface area contributed by atoms with E-state index in [0.717, 1.165) is 20.8 Å². The molecule has 1 saturated heterocycles. The number of alkyl halides is 2. The first kappa shape index (κ1) is 30.9. The van der Waals surface area contributed by atoms with Gasteiger partial charge in [-0.3, -0.25) is 14.6 Å². The Morgan fingerprint density at radius 1 is 1.07 bits per heavy atom. The Bertz CT molecular complexity index is 1700. The molecule has 0 spiro atoms. The van der Waals surface area contributed by atoms with Gasteiger partial charge in [0, 0.05) is 41.7 Å². The molecular formula is C31H32F2N6O4S. The highest BCUT2D eigenvalue weighted by Crippen LogP contribution is 2.29. The monoisotopic (exact) mass is 622 g/mol. The highest BCUT2D eigenvalue weighted by atomic mass is 32.1. The Labute approximate surface area is 257 Å². The zero-order chi connectivity index (χ0) is 31.6. The van der Waals surface area contributed by atoms with E-state index in [0.29, 0.717) is 29.1 Å². The van der Waals surface area contributed by atoms with E-state index in [4.69, 9.17) is 4.74 Å². The van der Waals surface area contributed by atoms with E-state index in [2.05, 4.69) is 25.0 Å². The van der Waals surface area contributed by atoms with Gasteiger partial charge < -0.3 is 20.3 Å². The lowest BCUT2D eigenvalue weighted by atomic mass is 10.0. The van der Waals surface area contributed by atoms with Crippen LogP contribution in [0.25, 0.3) is 11.0 Å². The van der Waals surface area contributed by atoms with Crippen LogP contribution in [0.3, 0.4) is 0 Å². The minimum Gasteiger partial charge on any atom is -0.444 e. The number of hydrogen-bond donors (Lipinski definition) is 2. The molecule has 1 atom stereocenters. The van der Waals surface area contributed by atoms with Gasteiger partial charge in [-0.05, 0) is 75.6 Å². The number of ether oxygens (including phenoxy) is 1. The summed E-state index contributed by atoms with van der Waals surface area (Å²) in [4.78, 5) is 49.3. The number of piperidine rings is 1. The Kier molecular flexibility index (Phi) is 8.60. The normalized spacial score (nSPS) is 16.4. The predicted molar refractivity (Wildman–Crippen MR) is 162 cm³/mol. The zero-order valence-electron chi connectivity index (χ0n) is 24.7. The molecule has 4 aromatic rings. The quantitative estimate of drug-likeness (QED) is 0.286. The molecule has 10 nitrogen and oxygen atoms in total. The van der Waals surface area contributed by atoms with Crippen LogP contribution >= 0.6 is 11.5 Å². The number of amides is 3. The summed E-state index contributed by atoms with van der Waals surface area (Å²) in [6, 6.07) is 12.7. The molecule has 3 amide bonds. The molecular weight excluding hydrogens is 590 g/mol. The molecule has 0 saturated carbocycles. The summed E-state index contributed by atoms with van der Waals surface area (Å²) >= 11 is 1.22. The fourth-order valence-corrected chi connectivity index (χ4v) is 5.78. The summed E-state index contributed by atoms with van der Waals surface area (Å²) < 4.78 is 38.5. The molecule has 5 rings (SSSR count). The summed E-state index contributed by atoms with van der Waals surface area (Å²) in [6.45, 7) is 5.82. The van der Waals surface area contributed by atoms with Gasteiger partial charge in [0.25, 0.3) is 17.7 Å². The lowest BCUT2D eigenvalue weighted by Gasteiger charge is -2.38. The van der Waals surface area contributed by atoms with Crippen LogP contribution in [0, 0.1) is 6.92 Å². The van der Waals surface area contributed by atoms with Crippen molar-refractivity contribution in [3.05, 3.63) is 82.1 Å². The molecule has 2 aromatic heterocycles. The van der Waals surface area contributed by atoms with E-state index < -0.39 is 42.5 Å². The van der Waals surface area contributed by atoms with E-state index in [1.165, 1.54) is 23.7 Å². The van der Waals surface area contributed by atoms with Crippen molar-refractivity contribution < 1.29 is 27.9 Å². The van der Waals surface area contributed by atoms with Crippen molar-refractivity contribution in [2.75, 3.05) is 18.4 Å². The third kappa shape index (κ3) is 7.51. The third-order valence-electron chi connectivity index (χ3n) is 6.80. The highest BCUT2D eigenvalue weighted by molar-refractivity contribution is 7.06. The Morgan fingerprint density at radius 3 is 2.48 bits per heavy atom. The van der Waals surface area contributed by atoms with Gasteiger partial charge in [0.2, 0.25) is 0 Å². The second-order valence-electron chi connectivity index (χ2n) is 11.7. The van der Waals surface area contributed by atoms with E-state index in [1.807, 2.05) is 24.3 Å². The molecule has 0 radical (unpaired) electrons. The van der Waals surface area contributed by atoms with Gasteiger partial charge in [0.1, 0.15) is 5.60 Å². The van der Waals surface area contributed by atoms with Gasteiger partial charge in [-0.2, -0.15) is 4.37 Å². The Morgan fingerprint density at radius 2 is 1.77 bits per heavy atom. The van der Waals surface area contributed by atoms with E-state index >= 15 is 0 Å². The summed E-state index contributed by atoms with van der Waals surface area (Å²) in [5, 5.41) is 5.44. The number of para-hydroxylation sites is 2. The molecule has 1 aliphatic heterocycles. The average molecular weight is 623 g/mol. The number of carbonyl (C=O) groups is 3.